The topological polar surface area (TPSA) is 78.4 Å². The molecule has 0 spiro atoms. The Hall–Kier alpha value is -1.39. The zero-order valence-corrected chi connectivity index (χ0v) is 18.8. The predicted molar refractivity (Wildman–Crippen MR) is 120 cm³/mol. The van der Waals surface area contributed by atoms with Crippen LogP contribution in [0.5, 0.6) is 0 Å². The van der Waals surface area contributed by atoms with Gasteiger partial charge in [0.05, 0.1) is 6.54 Å². The van der Waals surface area contributed by atoms with Crippen LogP contribution in [0.4, 0.5) is 5.69 Å². The third-order valence-electron chi connectivity index (χ3n) is 3.49. The number of carbonyl (C=O) groups excluding carboxylic acids is 1. The lowest BCUT2D eigenvalue weighted by Crippen LogP contribution is -2.38. The Morgan fingerprint density at radius 1 is 1.31 bits per heavy atom. The summed E-state index contributed by atoms with van der Waals surface area (Å²) >= 11 is 7.70. The average molecular weight is 508 g/mol. The van der Waals surface area contributed by atoms with Crippen LogP contribution in [-0.4, -0.2) is 30.4 Å². The Morgan fingerprint density at radius 3 is 2.73 bits per heavy atom. The molecule has 142 valence electrons. The Bertz CT molecular complexity index is 765. The van der Waals surface area contributed by atoms with Crippen molar-refractivity contribution >= 4 is 64.5 Å². The van der Waals surface area contributed by atoms with E-state index in [0.717, 1.165) is 16.3 Å². The third kappa shape index (κ3) is 7.08. The minimum absolute atomic E-state index is 0. The van der Waals surface area contributed by atoms with Crippen molar-refractivity contribution in [2.45, 2.75) is 26.8 Å². The number of benzene rings is 1. The standard InChI is InChI=1S/C17H22ClN5OS.HI/c1-11-9-21-16(25-11)10-22-17(19-3)20-8-7-15(24)23-14-6-4-5-13(18)12(14)2;/h4-6,9H,7-8,10H2,1-3H3,(H,23,24)(H2,19,20,22);1H. The summed E-state index contributed by atoms with van der Waals surface area (Å²) in [6.07, 6.45) is 2.17. The van der Waals surface area contributed by atoms with E-state index in [1.165, 1.54) is 4.88 Å². The van der Waals surface area contributed by atoms with Gasteiger partial charge in [0, 0.05) is 41.8 Å². The molecule has 1 amide bonds. The van der Waals surface area contributed by atoms with E-state index >= 15 is 0 Å². The van der Waals surface area contributed by atoms with E-state index in [9.17, 15) is 4.79 Å². The number of anilines is 1. The number of hydrogen-bond acceptors (Lipinski definition) is 4. The first-order valence-electron chi connectivity index (χ1n) is 7.90. The first kappa shape index (κ1) is 22.7. The largest absolute Gasteiger partial charge is 0.356 e. The molecule has 3 N–H and O–H groups in total. The van der Waals surface area contributed by atoms with Crippen molar-refractivity contribution in [2.75, 3.05) is 18.9 Å². The van der Waals surface area contributed by atoms with E-state index in [1.54, 1.807) is 24.5 Å². The summed E-state index contributed by atoms with van der Waals surface area (Å²) in [6.45, 7) is 4.98. The quantitative estimate of drug-likeness (QED) is 0.316. The van der Waals surface area contributed by atoms with Crippen LogP contribution in [0.25, 0.3) is 0 Å². The van der Waals surface area contributed by atoms with Gasteiger partial charge in [0.25, 0.3) is 0 Å². The van der Waals surface area contributed by atoms with Gasteiger partial charge in [-0.05, 0) is 31.5 Å². The zero-order valence-electron chi connectivity index (χ0n) is 14.9. The molecule has 0 atom stereocenters. The highest BCUT2D eigenvalue weighted by Crippen LogP contribution is 2.22. The van der Waals surface area contributed by atoms with Gasteiger partial charge in [0.2, 0.25) is 5.91 Å². The fraction of sp³-hybridized carbons (Fsp3) is 0.353. The summed E-state index contributed by atoms with van der Waals surface area (Å²) in [5, 5.41) is 10.8. The lowest BCUT2D eigenvalue weighted by Gasteiger charge is -2.12. The Balaban J connectivity index is 0.00000338. The Labute approximate surface area is 179 Å². The number of carbonyl (C=O) groups is 1. The molecule has 9 heteroatoms. The second-order valence-electron chi connectivity index (χ2n) is 5.43. The highest BCUT2D eigenvalue weighted by Gasteiger charge is 2.07. The number of nitrogens with one attached hydrogen (secondary N) is 3. The van der Waals surface area contributed by atoms with Crippen molar-refractivity contribution in [3.8, 4) is 0 Å². The van der Waals surface area contributed by atoms with Crippen molar-refractivity contribution in [3.05, 3.63) is 44.9 Å². The minimum atomic E-state index is -0.0798. The highest BCUT2D eigenvalue weighted by molar-refractivity contribution is 14.0. The summed E-state index contributed by atoms with van der Waals surface area (Å²) < 4.78 is 0. The molecular formula is C17H23ClIN5OS. The van der Waals surface area contributed by atoms with Crippen LogP contribution < -0.4 is 16.0 Å². The van der Waals surface area contributed by atoms with Gasteiger partial charge in [0.15, 0.2) is 5.96 Å². The first-order valence-corrected chi connectivity index (χ1v) is 9.10. The van der Waals surface area contributed by atoms with Gasteiger partial charge in [-0.3, -0.25) is 9.79 Å². The molecule has 2 aromatic rings. The number of amides is 1. The van der Waals surface area contributed by atoms with Crippen LogP contribution in [0.15, 0.2) is 29.4 Å². The summed E-state index contributed by atoms with van der Waals surface area (Å²) in [7, 11) is 1.69. The number of halogens is 2. The van der Waals surface area contributed by atoms with Crippen molar-refractivity contribution in [2.24, 2.45) is 4.99 Å². The van der Waals surface area contributed by atoms with E-state index in [1.807, 2.05) is 32.2 Å². The van der Waals surface area contributed by atoms with Crippen molar-refractivity contribution in [3.63, 3.8) is 0 Å². The molecule has 1 heterocycles. The molecule has 6 nitrogen and oxygen atoms in total. The van der Waals surface area contributed by atoms with Crippen LogP contribution in [0.2, 0.25) is 5.02 Å². The number of aliphatic imine (C=N–C) groups is 1. The molecule has 0 aliphatic carbocycles. The number of rotatable bonds is 6. The predicted octanol–water partition coefficient (Wildman–Crippen LogP) is 3.73. The van der Waals surface area contributed by atoms with E-state index in [4.69, 9.17) is 11.6 Å². The van der Waals surface area contributed by atoms with Crippen LogP contribution >= 0.6 is 46.9 Å². The second-order valence-corrected chi connectivity index (χ2v) is 7.15. The summed E-state index contributed by atoms with van der Waals surface area (Å²) in [5.74, 6) is 0.559. The normalized spacial score (nSPS) is 10.8. The van der Waals surface area contributed by atoms with Crippen LogP contribution in [0.3, 0.4) is 0 Å². The number of guanidine groups is 1. The molecule has 0 saturated heterocycles. The summed E-state index contributed by atoms with van der Waals surface area (Å²) in [4.78, 5) is 21.7. The zero-order chi connectivity index (χ0) is 18.2. The van der Waals surface area contributed by atoms with Gasteiger partial charge in [-0.25, -0.2) is 4.98 Å². The van der Waals surface area contributed by atoms with Crippen LogP contribution in [-0.2, 0) is 11.3 Å². The van der Waals surface area contributed by atoms with Gasteiger partial charge >= 0.3 is 0 Å². The maximum Gasteiger partial charge on any atom is 0.226 e. The van der Waals surface area contributed by atoms with E-state index in [2.05, 4.69) is 25.9 Å². The first-order chi connectivity index (χ1) is 12.0. The number of aromatic nitrogens is 1. The molecule has 0 aliphatic heterocycles. The molecule has 0 fully saturated rings. The lowest BCUT2D eigenvalue weighted by molar-refractivity contribution is -0.116. The van der Waals surface area contributed by atoms with Crippen molar-refractivity contribution < 1.29 is 4.79 Å². The molecule has 0 radical (unpaired) electrons. The highest BCUT2D eigenvalue weighted by atomic mass is 127. The average Bonchev–Trinajstić information content (AvgIpc) is 3.00. The van der Waals surface area contributed by atoms with Gasteiger partial charge in [-0.15, -0.1) is 35.3 Å². The molecule has 0 aliphatic rings. The van der Waals surface area contributed by atoms with Gasteiger partial charge < -0.3 is 16.0 Å². The molecule has 1 aromatic carbocycles. The molecule has 0 bridgehead atoms. The third-order valence-corrected chi connectivity index (χ3v) is 4.81. The maximum atomic E-state index is 12.1. The van der Waals surface area contributed by atoms with E-state index in [-0.39, 0.29) is 29.9 Å². The Morgan fingerprint density at radius 2 is 2.08 bits per heavy atom. The maximum absolute atomic E-state index is 12.1. The molecule has 0 unspecified atom stereocenters. The molecule has 0 saturated carbocycles. The van der Waals surface area contributed by atoms with Crippen LogP contribution in [0.1, 0.15) is 21.9 Å². The van der Waals surface area contributed by atoms with Gasteiger partial charge in [0.1, 0.15) is 5.01 Å². The number of hydrogen-bond donors (Lipinski definition) is 3. The number of nitrogens with zero attached hydrogens (tertiary/aromatic N) is 2. The minimum Gasteiger partial charge on any atom is -0.356 e. The fourth-order valence-corrected chi connectivity index (χ4v) is 3.01. The monoisotopic (exact) mass is 507 g/mol. The fourth-order valence-electron chi connectivity index (χ4n) is 2.11. The van der Waals surface area contributed by atoms with E-state index < -0.39 is 0 Å². The molecule has 2 rings (SSSR count). The SMILES string of the molecule is CN=C(NCCC(=O)Nc1cccc(Cl)c1C)NCc1ncc(C)s1.I. The molecular weight excluding hydrogens is 485 g/mol. The molecule has 26 heavy (non-hydrogen) atoms. The van der Waals surface area contributed by atoms with Gasteiger partial charge in [-0.1, -0.05) is 17.7 Å². The van der Waals surface area contributed by atoms with E-state index in [0.29, 0.717) is 30.5 Å². The summed E-state index contributed by atoms with van der Waals surface area (Å²) in [5.41, 5.74) is 1.60. The second kappa shape index (κ2) is 11.3. The summed E-state index contributed by atoms with van der Waals surface area (Å²) in [6, 6.07) is 5.45. The number of thiazole rings is 1. The number of aryl methyl sites for hydroxylation is 1. The van der Waals surface area contributed by atoms with Crippen molar-refractivity contribution in [1.82, 2.24) is 15.6 Å². The van der Waals surface area contributed by atoms with Gasteiger partial charge in [-0.2, -0.15) is 0 Å². The lowest BCUT2D eigenvalue weighted by atomic mass is 10.2. The van der Waals surface area contributed by atoms with Crippen LogP contribution in [0, 0.1) is 13.8 Å². The molecule has 1 aromatic heterocycles. The Kier molecular flexibility index (Phi) is 9.89. The smallest absolute Gasteiger partial charge is 0.226 e. The van der Waals surface area contributed by atoms with Crippen molar-refractivity contribution in [1.29, 1.82) is 0 Å².